The van der Waals surface area contributed by atoms with Crippen LogP contribution in [-0.2, 0) is 14.4 Å². The molecule has 0 N–H and O–H groups in total. The highest BCUT2D eigenvalue weighted by atomic mass is 16.2. The smallest absolute Gasteiger partial charge is 0.236 e. The summed E-state index contributed by atoms with van der Waals surface area (Å²) in [6.07, 6.45) is 2.60. The number of aliphatic imine (C=N–C) groups is 1. The van der Waals surface area contributed by atoms with Gasteiger partial charge in [-0.15, -0.1) is 0 Å². The molecule has 0 heterocycles. The number of nitrogens with zero attached hydrogens (tertiary/aromatic N) is 1. The molecule has 2 fully saturated rings. The maximum Gasteiger partial charge on any atom is 0.236 e. The van der Waals surface area contributed by atoms with E-state index in [9.17, 15) is 14.4 Å². The monoisotopic (exact) mass is 193 g/mol. The van der Waals surface area contributed by atoms with Crippen LogP contribution < -0.4 is 0 Å². The second-order valence-corrected chi connectivity index (χ2v) is 4.57. The molecule has 0 radical (unpaired) electrons. The lowest BCUT2D eigenvalue weighted by Crippen LogP contribution is -2.42. The second-order valence-electron chi connectivity index (χ2n) is 4.57. The van der Waals surface area contributed by atoms with E-state index in [-0.39, 0.29) is 11.7 Å². The van der Waals surface area contributed by atoms with Crippen molar-refractivity contribution in [3.05, 3.63) is 0 Å². The number of hydrogen-bond donors (Lipinski definition) is 0. The Labute approximate surface area is 81.4 Å². The zero-order chi connectivity index (χ0) is 10.6. The van der Waals surface area contributed by atoms with E-state index < -0.39 is 16.7 Å². The number of Topliss-reactive ketones (excluding diaryl/α,β-unsaturated/α-hetero) is 2. The fraction of sp³-hybridized carbons (Fsp3) is 0.700. The largest absolute Gasteiger partial charge is 0.290 e. The van der Waals surface area contributed by atoms with Crippen LogP contribution in [0.3, 0.4) is 0 Å². The molecular weight excluding hydrogens is 182 g/mol. The molecule has 74 valence electrons. The molecule has 2 atom stereocenters. The molecule has 2 aliphatic rings. The molecule has 0 aromatic heterocycles. The molecule has 0 spiro atoms. The third-order valence-corrected chi connectivity index (χ3v) is 3.88. The van der Waals surface area contributed by atoms with Crippen molar-refractivity contribution in [3.8, 4) is 0 Å². The Morgan fingerprint density at radius 1 is 1.43 bits per heavy atom. The Morgan fingerprint density at radius 3 is 2.50 bits per heavy atom. The highest BCUT2D eigenvalue weighted by Crippen LogP contribution is 2.58. The van der Waals surface area contributed by atoms with Crippen LogP contribution in [0.5, 0.6) is 0 Å². The topological polar surface area (TPSA) is 63.6 Å². The van der Waals surface area contributed by atoms with E-state index in [1.807, 2.05) is 13.8 Å². The van der Waals surface area contributed by atoms with E-state index in [0.29, 0.717) is 12.8 Å². The Morgan fingerprint density at radius 2 is 2.07 bits per heavy atom. The van der Waals surface area contributed by atoms with Crippen LogP contribution in [0, 0.1) is 11.3 Å². The van der Waals surface area contributed by atoms with Crippen LogP contribution in [0.1, 0.15) is 26.7 Å². The summed E-state index contributed by atoms with van der Waals surface area (Å²) in [7, 11) is 0. The number of rotatable bonds is 1. The second kappa shape index (κ2) is 2.39. The molecule has 2 bridgehead atoms. The van der Waals surface area contributed by atoms with Gasteiger partial charge in [0.15, 0.2) is 0 Å². The third kappa shape index (κ3) is 0.712. The van der Waals surface area contributed by atoms with Gasteiger partial charge in [-0.25, -0.2) is 4.79 Å². The maximum atomic E-state index is 11.7. The summed E-state index contributed by atoms with van der Waals surface area (Å²) in [6, 6.07) is 0. The lowest BCUT2D eigenvalue weighted by molar-refractivity contribution is -0.139. The van der Waals surface area contributed by atoms with E-state index in [1.165, 1.54) is 6.08 Å². The van der Waals surface area contributed by atoms with Gasteiger partial charge in [-0.3, -0.25) is 9.59 Å². The van der Waals surface area contributed by atoms with Crippen LogP contribution in [0.2, 0.25) is 0 Å². The number of fused-ring (bicyclic) bond motifs is 2. The molecule has 2 aliphatic carbocycles. The standard InChI is InChI=1S/C10H11NO3/c1-9(2)6-3-4-10(9,11-5-12)8(14)7(6)13/h6H,3-4H2,1-2H3. The van der Waals surface area contributed by atoms with Crippen molar-refractivity contribution < 1.29 is 14.4 Å². The molecule has 0 aromatic carbocycles. The predicted octanol–water partition coefficient (Wildman–Crippen LogP) is 0.649. The molecule has 0 saturated heterocycles. The Kier molecular flexibility index (Phi) is 1.59. The van der Waals surface area contributed by atoms with Gasteiger partial charge < -0.3 is 0 Å². The molecule has 2 saturated carbocycles. The quantitative estimate of drug-likeness (QED) is 0.349. The number of ketones is 2. The molecule has 0 amide bonds. The van der Waals surface area contributed by atoms with E-state index in [4.69, 9.17) is 0 Å². The summed E-state index contributed by atoms with van der Waals surface area (Å²) in [5, 5.41) is 0. The minimum atomic E-state index is -1.10. The van der Waals surface area contributed by atoms with Crippen LogP contribution in [0.15, 0.2) is 4.99 Å². The average Bonchev–Trinajstić information content (AvgIpc) is 2.43. The molecule has 2 rings (SSSR count). The van der Waals surface area contributed by atoms with Crippen molar-refractivity contribution >= 4 is 17.6 Å². The van der Waals surface area contributed by atoms with Gasteiger partial charge in [0.05, 0.1) is 0 Å². The molecule has 4 nitrogen and oxygen atoms in total. The van der Waals surface area contributed by atoms with Gasteiger partial charge in [-0.05, 0) is 12.8 Å². The SMILES string of the molecule is CC1(C)C2CCC1(N=C=O)C(=O)C2=O. The van der Waals surface area contributed by atoms with Crippen molar-refractivity contribution in [3.63, 3.8) is 0 Å². The summed E-state index contributed by atoms with van der Waals surface area (Å²) in [5.41, 5.74) is -1.62. The van der Waals surface area contributed by atoms with Gasteiger partial charge in [0, 0.05) is 11.3 Å². The Bertz CT molecular complexity index is 379. The highest BCUT2D eigenvalue weighted by molar-refractivity contribution is 6.45. The first kappa shape index (κ1) is 9.28. The molecule has 14 heavy (non-hydrogen) atoms. The third-order valence-electron chi connectivity index (χ3n) is 3.88. The van der Waals surface area contributed by atoms with Crippen LogP contribution in [0.25, 0.3) is 0 Å². The molecule has 0 aromatic rings. The summed E-state index contributed by atoms with van der Waals surface area (Å²) in [5.74, 6) is -1.12. The van der Waals surface area contributed by atoms with Gasteiger partial charge in [0.2, 0.25) is 17.6 Å². The molecular formula is C10H11NO3. The minimum absolute atomic E-state index is 0.257. The van der Waals surface area contributed by atoms with Crippen molar-refractivity contribution in [2.45, 2.75) is 32.2 Å². The average molecular weight is 193 g/mol. The van der Waals surface area contributed by atoms with E-state index >= 15 is 0 Å². The lowest BCUT2D eigenvalue weighted by Gasteiger charge is -2.29. The van der Waals surface area contributed by atoms with Crippen molar-refractivity contribution in [1.82, 2.24) is 0 Å². The first-order chi connectivity index (χ1) is 6.47. The van der Waals surface area contributed by atoms with Crippen LogP contribution in [-0.4, -0.2) is 23.2 Å². The van der Waals surface area contributed by atoms with E-state index in [0.717, 1.165) is 0 Å². The fourth-order valence-electron chi connectivity index (χ4n) is 2.88. The summed E-state index contributed by atoms with van der Waals surface area (Å²) < 4.78 is 0. The normalized spacial score (nSPS) is 38.6. The number of carbonyl (C=O) groups is 2. The predicted molar refractivity (Wildman–Crippen MR) is 47.4 cm³/mol. The van der Waals surface area contributed by atoms with Gasteiger partial charge in [0.25, 0.3) is 0 Å². The van der Waals surface area contributed by atoms with E-state index in [1.54, 1.807) is 0 Å². The van der Waals surface area contributed by atoms with Crippen molar-refractivity contribution in [2.24, 2.45) is 16.3 Å². The van der Waals surface area contributed by atoms with Crippen LogP contribution in [0.4, 0.5) is 0 Å². The fourth-order valence-corrected chi connectivity index (χ4v) is 2.88. The van der Waals surface area contributed by atoms with Gasteiger partial charge in [-0.1, -0.05) is 13.8 Å². The van der Waals surface area contributed by atoms with Crippen molar-refractivity contribution in [2.75, 3.05) is 0 Å². The zero-order valence-corrected chi connectivity index (χ0v) is 8.16. The Hall–Kier alpha value is -1.28. The Balaban J connectivity index is 2.64. The number of hydrogen-bond acceptors (Lipinski definition) is 4. The first-order valence-electron chi connectivity index (χ1n) is 4.65. The summed E-state index contributed by atoms with van der Waals surface area (Å²) in [4.78, 5) is 37.1. The lowest BCUT2D eigenvalue weighted by atomic mass is 9.76. The summed E-state index contributed by atoms with van der Waals surface area (Å²) in [6.45, 7) is 3.66. The summed E-state index contributed by atoms with van der Waals surface area (Å²) >= 11 is 0. The van der Waals surface area contributed by atoms with Gasteiger partial charge in [-0.2, -0.15) is 4.99 Å². The minimum Gasteiger partial charge on any atom is -0.290 e. The zero-order valence-electron chi connectivity index (χ0n) is 8.16. The van der Waals surface area contributed by atoms with Gasteiger partial charge >= 0.3 is 0 Å². The van der Waals surface area contributed by atoms with Crippen molar-refractivity contribution in [1.29, 1.82) is 0 Å². The first-order valence-corrected chi connectivity index (χ1v) is 4.65. The van der Waals surface area contributed by atoms with Gasteiger partial charge in [0.1, 0.15) is 5.54 Å². The van der Waals surface area contributed by atoms with Crippen LogP contribution >= 0.6 is 0 Å². The molecule has 0 aliphatic heterocycles. The number of carbonyl (C=O) groups excluding carboxylic acids is 3. The molecule has 2 unspecified atom stereocenters. The molecule has 4 heteroatoms. The van der Waals surface area contributed by atoms with E-state index in [2.05, 4.69) is 4.99 Å². The number of isocyanates is 1. The maximum absolute atomic E-state index is 11.7. The highest BCUT2D eigenvalue weighted by Gasteiger charge is 2.69.